The molecule has 1 aromatic heterocycles. The van der Waals surface area contributed by atoms with Gasteiger partial charge in [0.1, 0.15) is 5.82 Å². The summed E-state index contributed by atoms with van der Waals surface area (Å²) >= 11 is 3.46. The molecule has 3 aromatic rings. The van der Waals surface area contributed by atoms with E-state index in [9.17, 15) is 9.59 Å². The molecule has 0 bridgehead atoms. The molecule has 0 aliphatic carbocycles. The molecular weight excluding hydrogens is 404 g/mol. The maximum Gasteiger partial charge on any atom is 0.209 e. The van der Waals surface area contributed by atoms with Gasteiger partial charge in [-0.25, -0.2) is 0 Å². The fraction of sp³-hybridized carbons (Fsp3) is 0.182. The third kappa shape index (κ3) is 3.74. The van der Waals surface area contributed by atoms with E-state index in [1.165, 1.54) is 0 Å². The quantitative estimate of drug-likeness (QED) is 0.543. The molecule has 27 heavy (non-hydrogen) atoms. The lowest BCUT2D eigenvalue weighted by atomic mass is 9.83. The highest BCUT2D eigenvalue weighted by molar-refractivity contribution is 9.10. The molecule has 0 radical (unpaired) electrons. The van der Waals surface area contributed by atoms with Gasteiger partial charge in [-0.1, -0.05) is 79.2 Å². The van der Waals surface area contributed by atoms with Gasteiger partial charge in [-0.3, -0.25) is 9.59 Å². The Balaban J connectivity index is 2.29. The SMILES string of the molecule is CC(C)(C)C(=O)c1c(N)[nH]c(C(=O)c2ccccc2)c1-c1cccc(Br)c1. The van der Waals surface area contributed by atoms with Crippen molar-refractivity contribution < 1.29 is 9.59 Å². The van der Waals surface area contributed by atoms with E-state index in [0.717, 1.165) is 10.0 Å². The molecule has 0 aliphatic rings. The number of carbonyl (C=O) groups is 2. The van der Waals surface area contributed by atoms with Gasteiger partial charge in [0.2, 0.25) is 5.78 Å². The molecule has 1 heterocycles. The fourth-order valence-electron chi connectivity index (χ4n) is 2.97. The second-order valence-electron chi connectivity index (χ2n) is 7.45. The van der Waals surface area contributed by atoms with Crippen molar-refractivity contribution in [1.82, 2.24) is 4.98 Å². The van der Waals surface area contributed by atoms with E-state index in [0.29, 0.717) is 22.4 Å². The van der Waals surface area contributed by atoms with Crippen LogP contribution in [0.25, 0.3) is 11.1 Å². The molecule has 3 rings (SSSR count). The molecule has 0 fully saturated rings. The van der Waals surface area contributed by atoms with Gasteiger partial charge >= 0.3 is 0 Å². The van der Waals surface area contributed by atoms with Crippen LogP contribution in [0.1, 0.15) is 47.2 Å². The predicted octanol–water partition coefficient (Wildman–Crippen LogP) is 5.49. The van der Waals surface area contributed by atoms with Crippen molar-refractivity contribution in [2.24, 2.45) is 5.41 Å². The summed E-state index contributed by atoms with van der Waals surface area (Å²) in [6, 6.07) is 16.5. The fourth-order valence-corrected chi connectivity index (χ4v) is 3.37. The van der Waals surface area contributed by atoms with E-state index >= 15 is 0 Å². The molecule has 3 N–H and O–H groups in total. The number of nitrogens with two attached hydrogens (primary N) is 1. The number of H-pyrrole nitrogens is 1. The first kappa shape index (κ1) is 19.1. The second kappa shape index (κ2) is 7.16. The van der Waals surface area contributed by atoms with Crippen LogP contribution in [0, 0.1) is 5.41 Å². The van der Waals surface area contributed by atoms with Crippen molar-refractivity contribution in [1.29, 1.82) is 0 Å². The molecular formula is C22H21BrN2O2. The highest BCUT2D eigenvalue weighted by Crippen LogP contribution is 2.38. The number of hydrogen-bond donors (Lipinski definition) is 2. The van der Waals surface area contributed by atoms with E-state index < -0.39 is 5.41 Å². The number of anilines is 1. The molecule has 2 aromatic carbocycles. The Kier molecular flexibility index (Phi) is 5.07. The molecule has 138 valence electrons. The van der Waals surface area contributed by atoms with Crippen LogP contribution in [0.15, 0.2) is 59.1 Å². The number of rotatable bonds is 4. The summed E-state index contributed by atoms with van der Waals surface area (Å²) in [7, 11) is 0. The van der Waals surface area contributed by atoms with Gasteiger partial charge in [-0.2, -0.15) is 0 Å². The van der Waals surface area contributed by atoms with Crippen LogP contribution in [-0.2, 0) is 0 Å². The number of nitrogen functional groups attached to an aromatic ring is 1. The largest absolute Gasteiger partial charge is 0.385 e. The minimum absolute atomic E-state index is 0.113. The summed E-state index contributed by atoms with van der Waals surface area (Å²) in [4.78, 5) is 29.2. The van der Waals surface area contributed by atoms with E-state index in [2.05, 4.69) is 20.9 Å². The molecule has 0 saturated carbocycles. The number of Topliss-reactive ketones (excluding diaryl/α,β-unsaturated/α-hetero) is 1. The molecule has 0 saturated heterocycles. The lowest BCUT2D eigenvalue weighted by Gasteiger charge is -2.18. The average molecular weight is 425 g/mol. The average Bonchev–Trinajstić information content (AvgIpc) is 2.97. The number of hydrogen-bond acceptors (Lipinski definition) is 3. The molecule has 0 aliphatic heterocycles. The maximum atomic E-state index is 13.2. The molecule has 0 spiro atoms. The van der Waals surface area contributed by atoms with Crippen molar-refractivity contribution in [3.8, 4) is 11.1 Å². The zero-order valence-corrected chi connectivity index (χ0v) is 17.1. The zero-order chi connectivity index (χ0) is 19.8. The van der Waals surface area contributed by atoms with E-state index in [1.807, 2.05) is 51.1 Å². The highest BCUT2D eigenvalue weighted by atomic mass is 79.9. The Labute approximate surface area is 166 Å². The lowest BCUT2D eigenvalue weighted by molar-refractivity contribution is 0.0860. The standard InChI is InChI=1S/C22H21BrN2O2/c1-22(2,3)20(27)17-16(14-10-7-11-15(23)12-14)18(25-21(17)24)19(26)13-8-5-4-6-9-13/h4-12,25H,24H2,1-3H3. The van der Waals surface area contributed by atoms with Crippen LogP contribution in [0.2, 0.25) is 0 Å². The zero-order valence-electron chi connectivity index (χ0n) is 15.5. The van der Waals surface area contributed by atoms with Crippen molar-refractivity contribution in [3.63, 3.8) is 0 Å². The number of carbonyl (C=O) groups excluding carboxylic acids is 2. The van der Waals surface area contributed by atoms with Crippen LogP contribution in [0.3, 0.4) is 0 Å². The lowest BCUT2D eigenvalue weighted by Crippen LogP contribution is -2.21. The maximum absolute atomic E-state index is 13.2. The van der Waals surface area contributed by atoms with Gasteiger partial charge in [0.05, 0.1) is 11.3 Å². The third-order valence-corrected chi connectivity index (χ3v) is 4.81. The molecule has 0 atom stereocenters. The Morgan fingerprint density at radius 1 is 1.00 bits per heavy atom. The molecule has 0 unspecified atom stereocenters. The van der Waals surface area contributed by atoms with Crippen molar-refractivity contribution >= 4 is 33.3 Å². The van der Waals surface area contributed by atoms with Gasteiger partial charge in [0.15, 0.2) is 5.78 Å². The molecule has 5 heteroatoms. The Morgan fingerprint density at radius 2 is 1.67 bits per heavy atom. The monoisotopic (exact) mass is 424 g/mol. The van der Waals surface area contributed by atoms with Gasteiger partial charge in [0.25, 0.3) is 0 Å². The van der Waals surface area contributed by atoms with Crippen LogP contribution in [0.4, 0.5) is 5.82 Å². The normalized spacial score (nSPS) is 11.4. The Bertz CT molecular complexity index is 1010. The summed E-state index contributed by atoms with van der Waals surface area (Å²) in [6.45, 7) is 5.52. The molecule has 4 nitrogen and oxygen atoms in total. The van der Waals surface area contributed by atoms with Gasteiger partial charge in [-0.15, -0.1) is 0 Å². The number of aromatic nitrogens is 1. The second-order valence-corrected chi connectivity index (χ2v) is 8.36. The topological polar surface area (TPSA) is 76.0 Å². The van der Waals surface area contributed by atoms with Crippen LogP contribution < -0.4 is 5.73 Å². The number of halogens is 1. The Morgan fingerprint density at radius 3 is 2.26 bits per heavy atom. The third-order valence-electron chi connectivity index (χ3n) is 4.31. The van der Waals surface area contributed by atoms with E-state index in [1.54, 1.807) is 24.3 Å². The summed E-state index contributed by atoms with van der Waals surface area (Å²) in [5.41, 5.74) is 8.07. The van der Waals surface area contributed by atoms with Crippen LogP contribution in [0.5, 0.6) is 0 Å². The summed E-state index contributed by atoms with van der Waals surface area (Å²) in [6.07, 6.45) is 0. The highest BCUT2D eigenvalue weighted by Gasteiger charge is 2.32. The smallest absolute Gasteiger partial charge is 0.209 e. The molecule has 0 amide bonds. The van der Waals surface area contributed by atoms with Gasteiger partial charge in [0, 0.05) is 21.0 Å². The van der Waals surface area contributed by atoms with Crippen molar-refractivity contribution in [2.75, 3.05) is 5.73 Å². The summed E-state index contributed by atoms with van der Waals surface area (Å²) < 4.78 is 0.854. The first-order valence-electron chi connectivity index (χ1n) is 8.62. The van der Waals surface area contributed by atoms with Gasteiger partial charge < -0.3 is 10.7 Å². The van der Waals surface area contributed by atoms with E-state index in [-0.39, 0.29) is 17.4 Å². The number of benzene rings is 2. The summed E-state index contributed by atoms with van der Waals surface area (Å²) in [5.74, 6) is -0.104. The number of ketones is 2. The first-order chi connectivity index (χ1) is 12.7. The predicted molar refractivity (Wildman–Crippen MR) is 112 cm³/mol. The van der Waals surface area contributed by atoms with Crippen molar-refractivity contribution in [2.45, 2.75) is 20.8 Å². The Hall–Kier alpha value is -2.66. The minimum Gasteiger partial charge on any atom is -0.385 e. The van der Waals surface area contributed by atoms with Gasteiger partial charge in [-0.05, 0) is 17.7 Å². The van der Waals surface area contributed by atoms with Crippen molar-refractivity contribution in [3.05, 3.63) is 75.9 Å². The van der Waals surface area contributed by atoms with E-state index in [4.69, 9.17) is 5.73 Å². The number of aromatic amines is 1. The van der Waals surface area contributed by atoms with Crippen LogP contribution in [-0.4, -0.2) is 16.6 Å². The number of nitrogens with one attached hydrogen (secondary N) is 1. The summed E-state index contributed by atoms with van der Waals surface area (Å²) in [5, 5.41) is 0. The first-order valence-corrected chi connectivity index (χ1v) is 9.41. The minimum atomic E-state index is -0.635. The van der Waals surface area contributed by atoms with Crippen LogP contribution >= 0.6 is 15.9 Å².